The van der Waals surface area contributed by atoms with Crippen molar-refractivity contribution >= 4 is 18.9 Å². The summed E-state index contributed by atoms with van der Waals surface area (Å²) < 4.78 is 24.5. The standard InChI is InChI=1S/2C18H37O2.Cu.Li/c2*1-4-7-10-13-16-19-18(15-12-9-6-3)20-17-14-11-8-5-2;;/h2*18H,3-17H2,1-2H3;;. The van der Waals surface area contributed by atoms with Crippen molar-refractivity contribution in [3.63, 3.8) is 0 Å². The quantitative estimate of drug-likeness (QED) is 0.0388. The second-order valence-electron chi connectivity index (χ2n) is 11.7. The third-order valence-electron chi connectivity index (χ3n) is 7.51. The Bertz CT molecular complexity index is 404. The molecule has 0 aliphatic carbocycles. The van der Waals surface area contributed by atoms with Gasteiger partial charge in [0.1, 0.15) is 0 Å². The van der Waals surface area contributed by atoms with Gasteiger partial charge in [-0.25, -0.2) is 0 Å². The van der Waals surface area contributed by atoms with Gasteiger partial charge in [0.25, 0.3) is 0 Å². The molecule has 0 aromatic heterocycles. The van der Waals surface area contributed by atoms with Crippen LogP contribution >= 0.6 is 0 Å². The van der Waals surface area contributed by atoms with Gasteiger partial charge in [-0.05, 0) is 0 Å². The Balaban J connectivity index is 0. The van der Waals surface area contributed by atoms with Gasteiger partial charge in [0.2, 0.25) is 0 Å². The molecule has 0 saturated heterocycles. The Kier molecular flexibility index (Phi) is 42.9. The van der Waals surface area contributed by atoms with E-state index in [-0.39, 0.29) is 31.4 Å². The van der Waals surface area contributed by atoms with Gasteiger partial charge in [0.05, 0.1) is 0 Å². The molecular weight excluding hydrogens is 567 g/mol. The van der Waals surface area contributed by atoms with Crippen LogP contribution in [0.2, 0.25) is 10.6 Å². The Morgan fingerprint density at radius 1 is 0.357 bits per heavy atom. The van der Waals surface area contributed by atoms with E-state index in [4.69, 9.17) is 18.9 Å². The van der Waals surface area contributed by atoms with Crippen molar-refractivity contribution in [2.75, 3.05) is 26.4 Å². The zero-order chi connectivity index (χ0) is 29.9. The summed E-state index contributed by atoms with van der Waals surface area (Å²) in [4.78, 5) is 0. The van der Waals surface area contributed by atoms with Gasteiger partial charge >= 0.3 is 238 Å². The number of rotatable bonds is 36. The first-order valence-corrected chi connectivity index (χ1v) is 19.5. The van der Waals surface area contributed by atoms with Crippen molar-refractivity contribution in [1.82, 2.24) is 0 Å². The second kappa shape index (κ2) is 40.0. The van der Waals surface area contributed by atoms with Crippen LogP contribution in [0.1, 0.15) is 182 Å². The van der Waals surface area contributed by atoms with Crippen molar-refractivity contribution in [1.29, 1.82) is 0 Å². The average Bonchev–Trinajstić information content (AvgIpc) is 2.98. The Labute approximate surface area is 283 Å². The fourth-order valence-corrected chi connectivity index (χ4v) is 5.93. The number of hydrogen-bond acceptors (Lipinski definition) is 4. The average molecular weight is 641 g/mol. The van der Waals surface area contributed by atoms with Crippen molar-refractivity contribution in [2.45, 2.75) is 205 Å². The maximum atomic E-state index is 6.12. The molecule has 0 bridgehead atoms. The Morgan fingerprint density at radius 2 is 0.643 bits per heavy atom. The van der Waals surface area contributed by atoms with E-state index in [9.17, 15) is 0 Å². The topological polar surface area (TPSA) is 36.9 Å². The third-order valence-corrected chi connectivity index (χ3v) is 8.84. The minimum Gasteiger partial charge on any atom is -0.0654 e. The number of unbranched alkanes of at least 4 members (excludes halogenated alkanes) is 16. The van der Waals surface area contributed by atoms with E-state index in [1.165, 1.54) is 152 Å². The summed E-state index contributed by atoms with van der Waals surface area (Å²) in [6, 6.07) is 0. The first kappa shape index (κ1) is 45.1. The van der Waals surface area contributed by atoms with E-state index in [2.05, 4.69) is 42.7 Å². The SMILES string of the molecule is CCCCCCOC(CCCC[CH2][Cu][CH2]CCCCC(OCCCCCC)OCCCCCC)OCCCCCC.[Li]. The zero-order valence-electron chi connectivity index (χ0n) is 29.3. The summed E-state index contributed by atoms with van der Waals surface area (Å²) in [6.07, 6.45) is 29.8. The first-order chi connectivity index (χ1) is 20.3. The molecule has 0 aromatic carbocycles. The van der Waals surface area contributed by atoms with Crippen LogP contribution in [0.15, 0.2) is 0 Å². The normalized spacial score (nSPS) is 11.7. The molecular formula is C36H74CuLiO4. The molecule has 0 aliphatic rings. The van der Waals surface area contributed by atoms with E-state index in [1.54, 1.807) is 0 Å². The molecule has 0 amide bonds. The second-order valence-corrected chi connectivity index (χ2v) is 13.1. The molecule has 0 heterocycles. The van der Waals surface area contributed by atoms with E-state index in [1.807, 2.05) is 0 Å². The van der Waals surface area contributed by atoms with Gasteiger partial charge in [-0.3, -0.25) is 0 Å². The van der Waals surface area contributed by atoms with Gasteiger partial charge in [-0.1, -0.05) is 27.7 Å². The molecule has 6 heteroatoms. The summed E-state index contributed by atoms with van der Waals surface area (Å²) in [5.74, 6) is 0. The molecule has 254 valence electrons. The van der Waals surface area contributed by atoms with E-state index >= 15 is 0 Å². The number of ether oxygens (including phenoxy) is 4. The predicted octanol–water partition coefficient (Wildman–Crippen LogP) is 11.7. The zero-order valence-corrected chi connectivity index (χ0v) is 30.2. The summed E-state index contributed by atoms with van der Waals surface area (Å²) >= 11 is 2.23. The van der Waals surface area contributed by atoms with E-state index < -0.39 is 0 Å². The molecule has 4 nitrogen and oxygen atoms in total. The van der Waals surface area contributed by atoms with Crippen LogP contribution in [0.4, 0.5) is 0 Å². The molecule has 0 rings (SSSR count). The van der Waals surface area contributed by atoms with Crippen molar-refractivity contribution in [3.05, 3.63) is 0 Å². The van der Waals surface area contributed by atoms with Gasteiger partial charge in [0, 0.05) is 18.9 Å². The summed E-state index contributed by atoms with van der Waals surface area (Å²) in [5.41, 5.74) is 0. The minimum absolute atomic E-state index is 0. The maximum absolute atomic E-state index is 6.12. The third kappa shape index (κ3) is 35.4. The molecule has 0 spiro atoms. The summed E-state index contributed by atoms with van der Waals surface area (Å²) in [6.45, 7) is 12.5. The van der Waals surface area contributed by atoms with Crippen LogP contribution in [0.3, 0.4) is 0 Å². The monoisotopic (exact) mass is 641 g/mol. The molecule has 0 saturated carbocycles. The Morgan fingerprint density at radius 3 is 0.929 bits per heavy atom. The van der Waals surface area contributed by atoms with Gasteiger partial charge in [0.15, 0.2) is 0 Å². The smallest absolute Gasteiger partial charge is 0.0654 e. The van der Waals surface area contributed by atoms with Crippen LogP contribution in [0, 0.1) is 0 Å². The van der Waals surface area contributed by atoms with E-state index in [0.29, 0.717) is 0 Å². The summed E-state index contributed by atoms with van der Waals surface area (Å²) in [5, 5.41) is 2.54. The van der Waals surface area contributed by atoms with Gasteiger partial charge in [-0.2, -0.15) is 0 Å². The molecule has 0 aliphatic heterocycles. The van der Waals surface area contributed by atoms with Crippen molar-refractivity contribution in [3.8, 4) is 0 Å². The molecule has 42 heavy (non-hydrogen) atoms. The van der Waals surface area contributed by atoms with Crippen molar-refractivity contribution < 1.29 is 33.9 Å². The van der Waals surface area contributed by atoms with E-state index in [0.717, 1.165) is 39.3 Å². The summed E-state index contributed by atoms with van der Waals surface area (Å²) in [7, 11) is 0. The molecule has 0 atom stereocenters. The van der Waals surface area contributed by atoms with Crippen LogP contribution < -0.4 is 0 Å². The molecule has 0 N–H and O–H groups in total. The van der Waals surface area contributed by atoms with Gasteiger partial charge < -0.3 is 0 Å². The fourth-order valence-electron chi connectivity index (χ4n) is 4.76. The number of hydrogen-bond donors (Lipinski definition) is 0. The fraction of sp³-hybridized carbons (Fsp3) is 1.00. The van der Waals surface area contributed by atoms with Crippen molar-refractivity contribution in [2.24, 2.45) is 0 Å². The van der Waals surface area contributed by atoms with Crippen LogP contribution in [0.25, 0.3) is 0 Å². The Hall–Kier alpha value is 0.957. The molecule has 0 aromatic rings. The van der Waals surface area contributed by atoms with Crippen LogP contribution in [0.5, 0.6) is 0 Å². The predicted molar refractivity (Wildman–Crippen MR) is 180 cm³/mol. The van der Waals surface area contributed by atoms with Gasteiger partial charge in [-0.15, -0.1) is 0 Å². The first-order valence-electron chi connectivity index (χ1n) is 18.2. The minimum atomic E-state index is 0. The molecule has 0 fully saturated rings. The van der Waals surface area contributed by atoms with Crippen LogP contribution in [-0.4, -0.2) is 57.9 Å². The molecule has 1 radical (unpaired) electrons. The molecule has 0 unspecified atom stereocenters. The van der Waals surface area contributed by atoms with Crippen LogP contribution in [-0.2, 0) is 33.9 Å².